The lowest BCUT2D eigenvalue weighted by molar-refractivity contribution is 0.636. The van der Waals surface area contributed by atoms with E-state index in [9.17, 15) is 0 Å². The van der Waals surface area contributed by atoms with Gasteiger partial charge in [-0.1, -0.05) is 103 Å². The van der Waals surface area contributed by atoms with Gasteiger partial charge in [-0.05, 0) is 35.4 Å². The summed E-state index contributed by atoms with van der Waals surface area (Å²) in [5.74, 6) is 0.889. The van der Waals surface area contributed by atoms with Gasteiger partial charge in [-0.3, -0.25) is 4.98 Å². The fourth-order valence-electron chi connectivity index (χ4n) is 6.57. The Balaban J connectivity index is 1.36. The molecule has 0 fully saturated rings. The second-order valence-electron chi connectivity index (χ2n) is 10.8. The van der Waals surface area contributed by atoms with E-state index >= 15 is 0 Å². The van der Waals surface area contributed by atoms with Gasteiger partial charge in [-0.2, -0.15) is 0 Å². The molecule has 198 valence electrons. The molecule has 8 aromatic rings. The van der Waals surface area contributed by atoms with E-state index < -0.39 is 0 Å². The Kier molecular flexibility index (Phi) is 4.93. The molecular weight excluding hydrogens is 514 g/mol. The lowest BCUT2D eigenvalue weighted by Crippen LogP contribution is -2.06. The second kappa shape index (κ2) is 8.95. The van der Waals surface area contributed by atoms with E-state index in [0.717, 1.165) is 84.0 Å². The average molecular weight is 540 g/mol. The molecule has 0 spiro atoms. The van der Waals surface area contributed by atoms with Crippen molar-refractivity contribution < 1.29 is 4.42 Å². The van der Waals surface area contributed by atoms with Gasteiger partial charge in [0.15, 0.2) is 0 Å². The number of nitrogens with one attached hydrogen (secondary N) is 1. The summed E-state index contributed by atoms with van der Waals surface area (Å²) in [6.07, 6.45) is 6.30. The summed E-state index contributed by atoms with van der Waals surface area (Å²) < 4.78 is 9.21. The van der Waals surface area contributed by atoms with Gasteiger partial charge in [0, 0.05) is 33.8 Å². The van der Waals surface area contributed by atoms with Crippen LogP contribution in [0, 0.1) is 0 Å². The first-order valence-corrected chi connectivity index (χ1v) is 14.3. The number of pyridine rings is 1. The lowest BCUT2D eigenvalue weighted by atomic mass is 9.98. The van der Waals surface area contributed by atoms with Crippen molar-refractivity contribution in [3.05, 3.63) is 133 Å². The maximum absolute atomic E-state index is 6.90. The Morgan fingerprint density at radius 3 is 2.36 bits per heavy atom. The van der Waals surface area contributed by atoms with Crippen molar-refractivity contribution in [3.63, 3.8) is 0 Å². The van der Waals surface area contributed by atoms with E-state index in [1.165, 1.54) is 5.56 Å². The van der Waals surface area contributed by atoms with Gasteiger partial charge in [0.2, 0.25) is 0 Å². The van der Waals surface area contributed by atoms with Crippen LogP contribution in [0.15, 0.2) is 132 Å². The molecule has 4 heterocycles. The predicted octanol–water partition coefficient (Wildman–Crippen LogP) is 9.85. The van der Waals surface area contributed by atoms with Gasteiger partial charge in [-0.25, -0.2) is 0 Å². The van der Waals surface area contributed by atoms with Crippen LogP contribution >= 0.6 is 0 Å². The van der Waals surface area contributed by atoms with Gasteiger partial charge in [0.05, 0.1) is 39.5 Å². The van der Waals surface area contributed by atoms with Crippen LogP contribution in [-0.2, 0) is 0 Å². The fraction of sp³-hybridized carbons (Fsp3) is 0.0263. The zero-order valence-corrected chi connectivity index (χ0v) is 22.7. The average Bonchev–Trinajstić information content (AvgIpc) is 3.61. The molecule has 0 saturated heterocycles. The molecular formula is C38H25N3O. The zero-order valence-electron chi connectivity index (χ0n) is 22.7. The first kappa shape index (κ1) is 23.1. The quantitative estimate of drug-likeness (QED) is 0.243. The maximum Gasteiger partial charge on any atom is 0.145 e. The number of hydrogen-bond donors (Lipinski definition) is 1. The summed E-state index contributed by atoms with van der Waals surface area (Å²) in [6.45, 7) is 0.817. The first-order chi connectivity index (χ1) is 20.8. The van der Waals surface area contributed by atoms with Gasteiger partial charge in [0.1, 0.15) is 11.3 Å². The molecule has 4 nitrogen and oxygen atoms in total. The van der Waals surface area contributed by atoms with Crippen molar-refractivity contribution in [2.75, 3.05) is 11.9 Å². The van der Waals surface area contributed by atoms with Gasteiger partial charge in [0.25, 0.3) is 0 Å². The summed E-state index contributed by atoms with van der Waals surface area (Å²) in [7, 11) is 0. The summed E-state index contributed by atoms with van der Waals surface area (Å²) in [5, 5.41) is 7.99. The Bertz CT molecular complexity index is 2340. The zero-order chi connectivity index (χ0) is 27.6. The number of hydrogen-bond acceptors (Lipinski definition) is 3. The molecule has 42 heavy (non-hydrogen) atoms. The number of nitrogens with zero attached hydrogens (tertiary/aromatic N) is 2. The molecule has 4 heteroatoms. The molecule has 0 bridgehead atoms. The topological polar surface area (TPSA) is 43.0 Å². The summed E-state index contributed by atoms with van der Waals surface area (Å²) in [4.78, 5) is 4.98. The molecule has 0 amide bonds. The molecule has 0 aliphatic carbocycles. The van der Waals surface area contributed by atoms with Crippen molar-refractivity contribution in [1.82, 2.24) is 9.55 Å². The Hall–Kier alpha value is -5.61. The maximum atomic E-state index is 6.90. The molecule has 1 N–H and O–H groups in total. The molecule has 0 saturated carbocycles. The Labute approximate surface area is 242 Å². The monoisotopic (exact) mass is 539 g/mol. The minimum atomic E-state index is 0.817. The van der Waals surface area contributed by atoms with Crippen molar-refractivity contribution in [2.24, 2.45) is 0 Å². The number of benzene rings is 5. The second-order valence-corrected chi connectivity index (χ2v) is 10.8. The highest BCUT2D eigenvalue weighted by Crippen LogP contribution is 2.46. The highest BCUT2D eigenvalue weighted by atomic mass is 16.3. The minimum Gasteiger partial charge on any atom is -0.455 e. The summed E-state index contributed by atoms with van der Waals surface area (Å²) >= 11 is 0. The number of aromatic nitrogens is 2. The molecule has 3 aromatic heterocycles. The standard InChI is InChI=1S/C38H25N3O/c1-3-10-24(11-4-1)33-30-19-20-32-34(38(30)42-37(33)26-12-5-2-6-13-26)29-15-7-8-16-31(29)41(32)28-22-27-18-17-25-14-9-21-39-35(25)36(27)40-23-28/h1-20,22-23,39H,21H2. The molecule has 1 aliphatic rings. The van der Waals surface area contributed by atoms with Crippen molar-refractivity contribution in [2.45, 2.75) is 0 Å². The SMILES string of the molecule is C1=Cc2ccc3cc(-n4c5ccccc5c5c6oc(-c7ccccc7)c(-c7ccccc7)c6ccc54)cnc3c2NC1. The highest BCUT2D eigenvalue weighted by molar-refractivity contribution is 6.22. The number of fused-ring (bicyclic) bond motifs is 8. The predicted molar refractivity (Wildman–Crippen MR) is 174 cm³/mol. The van der Waals surface area contributed by atoms with E-state index in [1.807, 2.05) is 12.3 Å². The van der Waals surface area contributed by atoms with Gasteiger partial charge >= 0.3 is 0 Å². The van der Waals surface area contributed by atoms with E-state index in [0.29, 0.717) is 0 Å². The summed E-state index contributed by atoms with van der Waals surface area (Å²) in [6, 6.07) is 40.6. The van der Waals surface area contributed by atoms with E-state index in [1.54, 1.807) is 0 Å². The number of furan rings is 1. The molecule has 0 atom stereocenters. The van der Waals surface area contributed by atoms with Crippen molar-refractivity contribution in [3.8, 4) is 28.1 Å². The molecule has 0 unspecified atom stereocenters. The van der Waals surface area contributed by atoms with Crippen molar-refractivity contribution >= 4 is 55.4 Å². The van der Waals surface area contributed by atoms with Crippen LogP contribution in [0.3, 0.4) is 0 Å². The molecule has 9 rings (SSSR count). The van der Waals surface area contributed by atoms with Gasteiger partial charge < -0.3 is 14.3 Å². The van der Waals surface area contributed by atoms with E-state index in [2.05, 4.69) is 131 Å². The number of para-hydroxylation sites is 1. The number of anilines is 1. The normalized spacial score (nSPS) is 12.8. The molecule has 5 aromatic carbocycles. The van der Waals surface area contributed by atoms with Crippen LogP contribution in [0.4, 0.5) is 5.69 Å². The Morgan fingerprint density at radius 2 is 1.50 bits per heavy atom. The third-order valence-corrected chi connectivity index (χ3v) is 8.41. The fourth-order valence-corrected chi connectivity index (χ4v) is 6.57. The minimum absolute atomic E-state index is 0.817. The van der Waals surface area contributed by atoms with Crippen LogP contribution in [0.1, 0.15) is 5.56 Å². The van der Waals surface area contributed by atoms with Crippen LogP contribution in [0.5, 0.6) is 0 Å². The highest BCUT2D eigenvalue weighted by Gasteiger charge is 2.23. The summed E-state index contributed by atoms with van der Waals surface area (Å²) in [5.41, 5.74) is 10.7. The van der Waals surface area contributed by atoms with Crippen LogP contribution in [0.2, 0.25) is 0 Å². The van der Waals surface area contributed by atoms with Crippen LogP contribution in [-0.4, -0.2) is 16.1 Å². The van der Waals surface area contributed by atoms with Crippen LogP contribution < -0.4 is 5.32 Å². The van der Waals surface area contributed by atoms with Crippen LogP contribution in [0.25, 0.3) is 77.9 Å². The third kappa shape index (κ3) is 3.32. The van der Waals surface area contributed by atoms with Gasteiger partial charge in [-0.15, -0.1) is 0 Å². The smallest absolute Gasteiger partial charge is 0.145 e. The lowest BCUT2D eigenvalue weighted by Gasteiger charge is -2.16. The van der Waals surface area contributed by atoms with E-state index in [-0.39, 0.29) is 0 Å². The van der Waals surface area contributed by atoms with E-state index in [4.69, 9.17) is 9.40 Å². The molecule has 1 aliphatic heterocycles. The first-order valence-electron chi connectivity index (χ1n) is 14.3. The molecule has 0 radical (unpaired) electrons. The third-order valence-electron chi connectivity index (χ3n) is 8.41. The largest absolute Gasteiger partial charge is 0.455 e. The number of rotatable bonds is 3. The van der Waals surface area contributed by atoms with Crippen molar-refractivity contribution in [1.29, 1.82) is 0 Å². The Morgan fingerprint density at radius 1 is 0.714 bits per heavy atom.